The Bertz CT molecular complexity index is 193. The van der Waals surface area contributed by atoms with E-state index in [1.165, 1.54) is 0 Å². The quantitative estimate of drug-likeness (QED) is 0.488. The maximum absolute atomic E-state index is 7.98. The zero-order valence-corrected chi connectivity index (χ0v) is 4.20. The molecular formula is C3H3N4O. The molecule has 5 heteroatoms. The molecule has 1 heterocycles. The summed E-state index contributed by atoms with van der Waals surface area (Å²) in [7, 11) is 0. The van der Waals surface area contributed by atoms with Crippen molar-refractivity contribution in [2.75, 3.05) is 0 Å². The highest BCUT2D eigenvalue weighted by Gasteiger charge is 1.96. The molecule has 1 rings (SSSR count). The number of hydrogen-bond acceptors (Lipinski definition) is 4. The predicted molar refractivity (Wildman–Crippen MR) is 23.3 cm³/mol. The predicted octanol–water partition coefficient (Wildman–Crippen LogP) is 0.262. The second-order valence-electron chi connectivity index (χ2n) is 1.22. The van der Waals surface area contributed by atoms with Gasteiger partial charge in [-0.15, -0.1) is 0 Å². The van der Waals surface area contributed by atoms with Crippen molar-refractivity contribution in [2.45, 2.75) is 6.92 Å². The molecule has 0 aromatic carbocycles. The fraction of sp³-hybridized carbons (Fsp3) is 0.333. The van der Waals surface area contributed by atoms with Crippen LogP contribution in [0.2, 0.25) is 0 Å². The van der Waals surface area contributed by atoms with Gasteiger partial charge < -0.3 is 4.52 Å². The lowest BCUT2D eigenvalue weighted by atomic mass is 10.8. The van der Waals surface area contributed by atoms with E-state index in [1.807, 2.05) is 0 Å². The minimum atomic E-state index is -0.109. The summed E-state index contributed by atoms with van der Waals surface area (Å²) in [6.07, 6.45) is 0. The molecule has 0 spiro atoms. The Morgan fingerprint density at radius 3 is 2.75 bits per heavy atom. The van der Waals surface area contributed by atoms with Gasteiger partial charge in [0.1, 0.15) is 0 Å². The van der Waals surface area contributed by atoms with Gasteiger partial charge in [-0.1, -0.05) is 10.3 Å². The van der Waals surface area contributed by atoms with Gasteiger partial charge in [0, 0.05) is 0 Å². The molecule has 5 nitrogen and oxygen atoms in total. The summed E-state index contributed by atoms with van der Waals surface area (Å²) in [6.45, 7) is 1.64. The second-order valence-corrected chi connectivity index (χ2v) is 1.22. The first-order chi connectivity index (χ1) is 3.83. The molecule has 41 valence electrons. The van der Waals surface area contributed by atoms with Crippen molar-refractivity contribution in [1.29, 1.82) is 0 Å². The van der Waals surface area contributed by atoms with E-state index >= 15 is 0 Å². The van der Waals surface area contributed by atoms with Crippen LogP contribution in [-0.4, -0.2) is 10.1 Å². The fourth-order valence-electron chi connectivity index (χ4n) is 0.327. The fourth-order valence-corrected chi connectivity index (χ4v) is 0.327. The molecule has 0 aliphatic rings. The SMILES string of the molecule is Cc1noc(N=[N])n1. The van der Waals surface area contributed by atoms with Gasteiger partial charge in [-0.25, -0.2) is 0 Å². The van der Waals surface area contributed by atoms with E-state index in [0.717, 1.165) is 0 Å². The monoisotopic (exact) mass is 111 g/mol. The molecule has 1 aromatic rings. The van der Waals surface area contributed by atoms with Crippen LogP contribution in [0.25, 0.3) is 0 Å². The number of nitrogens with zero attached hydrogens (tertiary/aromatic N) is 4. The molecule has 1 radical (unpaired) electrons. The van der Waals surface area contributed by atoms with Gasteiger partial charge >= 0.3 is 6.01 Å². The van der Waals surface area contributed by atoms with Crippen LogP contribution in [0.1, 0.15) is 5.82 Å². The van der Waals surface area contributed by atoms with Crippen molar-refractivity contribution >= 4 is 6.01 Å². The Kier molecular flexibility index (Phi) is 1.03. The minimum absolute atomic E-state index is 0.109. The minimum Gasteiger partial charge on any atom is -0.311 e. The van der Waals surface area contributed by atoms with Crippen LogP contribution in [0.3, 0.4) is 0 Å². The van der Waals surface area contributed by atoms with Crippen molar-refractivity contribution in [1.82, 2.24) is 15.7 Å². The maximum Gasteiger partial charge on any atom is 0.367 e. The molecule has 0 aliphatic heterocycles. The van der Waals surface area contributed by atoms with Crippen LogP contribution < -0.4 is 5.53 Å². The molecule has 0 fully saturated rings. The van der Waals surface area contributed by atoms with Crippen LogP contribution in [0.5, 0.6) is 0 Å². The van der Waals surface area contributed by atoms with Crippen LogP contribution in [0, 0.1) is 6.92 Å². The molecule has 0 aliphatic carbocycles. The molecule has 0 saturated carbocycles. The van der Waals surface area contributed by atoms with Crippen molar-refractivity contribution < 1.29 is 4.52 Å². The van der Waals surface area contributed by atoms with Crippen LogP contribution in [-0.2, 0) is 0 Å². The molecule has 0 N–H and O–H groups in total. The molecule has 1 aromatic heterocycles. The third-order valence-electron chi connectivity index (χ3n) is 0.602. The topological polar surface area (TPSA) is 73.6 Å². The Balaban J connectivity index is 3.00. The molecule has 0 atom stereocenters. The van der Waals surface area contributed by atoms with Crippen LogP contribution >= 0.6 is 0 Å². The number of hydrogen-bond donors (Lipinski definition) is 0. The van der Waals surface area contributed by atoms with Gasteiger partial charge in [-0.05, 0) is 12.5 Å². The third kappa shape index (κ3) is 0.699. The number of aryl methyl sites for hydroxylation is 1. The van der Waals surface area contributed by atoms with E-state index in [9.17, 15) is 0 Å². The summed E-state index contributed by atoms with van der Waals surface area (Å²) >= 11 is 0. The Morgan fingerprint density at radius 1 is 1.75 bits per heavy atom. The van der Waals surface area contributed by atoms with E-state index in [-0.39, 0.29) is 6.01 Å². The van der Waals surface area contributed by atoms with Gasteiger partial charge in [0.15, 0.2) is 5.82 Å². The lowest BCUT2D eigenvalue weighted by Gasteiger charge is -1.64. The lowest BCUT2D eigenvalue weighted by Crippen LogP contribution is -1.68. The van der Waals surface area contributed by atoms with Gasteiger partial charge in [0.2, 0.25) is 0 Å². The van der Waals surface area contributed by atoms with Crippen molar-refractivity contribution in [3.05, 3.63) is 5.82 Å². The van der Waals surface area contributed by atoms with Gasteiger partial charge in [-0.3, -0.25) is 0 Å². The van der Waals surface area contributed by atoms with E-state index in [4.69, 9.17) is 5.53 Å². The van der Waals surface area contributed by atoms with Crippen molar-refractivity contribution in [3.63, 3.8) is 0 Å². The summed E-state index contributed by atoms with van der Waals surface area (Å²) in [5.74, 6) is 0.456. The summed E-state index contributed by atoms with van der Waals surface area (Å²) in [6, 6.07) is -0.109. The molecule has 8 heavy (non-hydrogen) atoms. The average Bonchev–Trinajstić information content (AvgIpc) is 2.14. The second kappa shape index (κ2) is 1.69. The Hall–Kier alpha value is -1.26. The average molecular weight is 111 g/mol. The van der Waals surface area contributed by atoms with E-state index < -0.39 is 0 Å². The summed E-state index contributed by atoms with van der Waals surface area (Å²) < 4.78 is 4.34. The zero-order valence-electron chi connectivity index (χ0n) is 4.20. The third-order valence-corrected chi connectivity index (χ3v) is 0.602. The highest BCUT2D eigenvalue weighted by atomic mass is 16.5. The van der Waals surface area contributed by atoms with Crippen molar-refractivity contribution in [3.8, 4) is 0 Å². The number of aromatic nitrogens is 2. The van der Waals surface area contributed by atoms with Crippen LogP contribution in [0.15, 0.2) is 9.64 Å². The first-order valence-corrected chi connectivity index (χ1v) is 1.98. The smallest absolute Gasteiger partial charge is 0.311 e. The highest BCUT2D eigenvalue weighted by molar-refractivity contribution is 5.03. The van der Waals surface area contributed by atoms with E-state index in [1.54, 1.807) is 6.92 Å². The molecule has 0 saturated heterocycles. The normalized spacial score (nSPS) is 9.12. The number of rotatable bonds is 1. The van der Waals surface area contributed by atoms with Crippen LogP contribution in [0.4, 0.5) is 6.01 Å². The Morgan fingerprint density at radius 2 is 2.50 bits per heavy atom. The largest absolute Gasteiger partial charge is 0.367 e. The van der Waals surface area contributed by atoms with Crippen molar-refractivity contribution in [2.24, 2.45) is 5.11 Å². The van der Waals surface area contributed by atoms with Gasteiger partial charge in [0.25, 0.3) is 0 Å². The van der Waals surface area contributed by atoms with Gasteiger partial charge in [0.05, 0.1) is 0 Å². The first kappa shape index (κ1) is 4.89. The standard InChI is InChI=1S/C3H3N4O/c1-2-5-3(6-4)8-7-2/h1H3. The van der Waals surface area contributed by atoms with E-state index in [0.29, 0.717) is 5.82 Å². The zero-order chi connectivity index (χ0) is 5.98. The van der Waals surface area contributed by atoms with E-state index in [2.05, 4.69) is 19.8 Å². The first-order valence-electron chi connectivity index (χ1n) is 1.98. The summed E-state index contributed by atoms with van der Waals surface area (Å²) in [5.41, 5.74) is 7.98. The van der Waals surface area contributed by atoms with Gasteiger partial charge in [-0.2, -0.15) is 4.98 Å². The Labute approximate surface area is 45.2 Å². The summed E-state index contributed by atoms with van der Waals surface area (Å²) in [5, 5.41) is 6.00. The molecular weight excluding hydrogens is 108 g/mol. The molecule has 0 bridgehead atoms. The molecule has 0 amide bonds. The highest BCUT2D eigenvalue weighted by Crippen LogP contribution is 2.03. The summed E-state index contributed by atoms with van der Waals surface area (Å²) in [4.78, 5) is 3.53. The molecule has 0 unspecified atom stereocenters. The maximum atomic E-state index is 7.98. The lowest BCUT2D eigenvalue weighted by molar-refractivity contribution is 0.421.